The fourth-order valence-electron chi connectivity index (χ4n) is 1.81. The van der Waals surface area contributed by atoms with E-state index in [1.54, 1.807) is 12.1 Å². The first-order valence-electron chi connectivity index (χ1n) is 7.47. The molecule has 1 aromatic rings. The minimum Gasteiger partial charge on any atom is -0.490 e. The number of hydrogen-bond acceptors (Lipinski definition) is 5. The number of halogens is 1. The van der Waals surface area contributed by atoms with Crippen molar-refractivity contribution in [2.24, 2.45) is 0 Å². The van der Waals surface area contributed by atoms with Gasteiger partial charge in [-0.05, 0) is 39.3 Å². The first-order chi connectivity index (χ1) is 10.7. The molecule has 0 unspecified atom stereocenters. The van der Waals surface area contributed by atoms with E-state index in [1.165, 1.54) is 0 Å². The summed E-state index contributed by atoms with van der Waals surface area (Å²) < 4.78 is 21.9. The SMILES string of the molecule is CCOc1cc(C(=O)OCCCCl)cc(OCC)c1OCC. The van der Waals surface area contributed by atoms with Crippen LogP contribution in [-0.2, 0) is 4.74 Å². The highest BCUT2D eigenvalue weighted by atomic mass is 35.5. The molecule has 0 aliphatic carbocycles. The lowest BCUT2D eigenvalue weighted by Crippen LogP contribution is -2.09. The maximum Gasteiger partial charge on any atom is 0.338 e. The fraction of sp³-hybridized carbons (Fsp3) is 0.562. The number of carbonyl (C=O) groups is 1. The Hall–Kier alpha value is -1.62. The van der Waals surface area contributed by atoms with Gasteiger partial charge in [0, 0.05) is 5.88 Å². The van der Waals surface area contributed by atoms with Crippen LogP contribution in [0.4, 0.5) is 0 Å². The molecule has 5 nitrogen and oxygen atoms in total. The van der Waals surface area contributed by atoms with Crippen molar-refractivity contribution in [1.82, 2.24) is 0 Å². The third-order valence-electron chi connectivity index (χ3n) is 2.66. The van der Waals surface area contributed by atoms with Crippen molar-refractivity contribution < 1.29 is 23.7 Å². The van der Waals surface area contributed by atoms with Crippen LogP contribution in [-0.4, -0.2) is 38.3 Å². The predicted octanol–water partition coefficient (Wildman–Crippen LogP) is 3.67. The van der Waals surface area contributed by atoms with E-state index in [0.717, 1.165) is 0 Å². The van der Waals surface area contributed by atoms with E-state index in [9.17, 15) is 4.79 Å². The number of hydrogen-bond donors (Lipinski definition) is 0. The maximum absolute atomic E-state index is 12.1. The van der Waals surface area contributed by atoms with Crippen molar-refractivity contribution in [3.05, 3.63) is 17.7 Å². The molecule has 0 heterocycles. The number of ether oxygens (including phenoxy) is 4. The van der Waals surface area contributed by atoms with Crippen LogP contribution in [0.5, 0.6) is 17.2 Å². The van der Waals surface area contributed by atoms with Crippen LogP contribution in [0, 0.1) is 0 Å². The van der Waals surface area contributed by atoms with Gasteiger partial charge in [0.15, 0.2) is 11.5 Å². The molecule has 0 N–H and O–H groups in total. The van der Waals surface area contributed by atoms with E-state index >= 15 is 0 Å². The second kappa shape index (κ2) is 10.2. The van der Waals surface area contributed by atoms with E-state index in [2.05, 4.69) is 0 Å². The molecule has 0 amide bonds. The number of rotatable bonds is 10. The molecule has 1 aromatic carbocycles. The number of esters is 1. The molecule has 1 rings (SSSR count). The van der Waals surface area contributed by atoms with Crippen LogP contribution in [0.3, 0.4) is 0 Å². The molecule has 0 aromatic heterocycles. The van der Waals surface area contributed by atoms with Crippen LogP contribution in [0.1, 0.15) is 37.6 Å². The van der Waals surface area contributed by atoms with E-state index in [0.29, 0.717) is 54.9 Å². The molecule has 6 heteroatoms. The Bertz CT molecular complexity index is 449. The van der Waals surface area contributed by atoms with Crippen LogP contribution in [0.2, 0.25) is 0 Å². The molecule has 0 bridgehead atoms. The summed E-state index contributed by atoms with van der Waals surface area (Å²) in [6, 6.07) is 3.22. The monoisotopic (exact) mass is 330 g/mol. The molecule has 0 atom stereocenters. The van der Waals surface area contributed by atoms with E-state index in [1.807, 2.05) is 20.8 Å². The van der Waals surface area contributed by atoms with Gasteiger partial charge >= 0.3 is 5.97 Å². The van der Waals surface area contributed by atoms with Crippen LogP contribution >= 0.6 is 11.6 Å². The average Bonchev–Trinajstić information content (AvgIpc) is 2.50. The first kappa shape index (κ1) is 18.4. The summed E-state index contributed by atoms with van der Waals surface area (Å²) >= 11 is 5.57. The standard InChI is InChI=1S/C16H23ClO5/c1-4-19-13-10-12(16(18)22-9-7-8-17)11-14(20-5-2)15(13)21-6-3/h10-11H,4-9H2,1-3H3. The second-order valence-corrected chi connectivity index (χ2v) is 4.66. The van der Waals surface area contributed by atoms with Crippen molar-refractivity contribution in [3.8, 4) is 17.2 Å². The zero-order valence-corrected chi connectivity index (χ0v) is 14.1. The minimum absolute atomic E-state index is 0.281. The summed E-state index contributed by atoms with van der Waals surface area (Å²) in [4.78, 5) is 12.1. The van der Waals surface area contributed by atoms with Crippen LogP contribution < -0.4 is 14.2 Å². The third kappa shape index (κ3) is 5.30. The van der Waals surface area contributed by atoms with Gasteiger partial charge in [-0.25, -0.2) is 4.79 Å². The summed E-state index contributed by atoms with van der Waals surface area (Å²) in [6.45, 7) is 7.26. The zero-order valence-electron chi connectivity index (χ0n) is 13.3. The second-order valence-electron chi connectivity index (χ2n) is 4.28. The van der Waals surface area contributed by atoms with Gasteiger partial charge in [-0.15, -0.1) is 11.6 Å². The van der Waals surface area contributed by atoms with E-state index in [4.69, 9.17) is 30.5 Å². The predicted molar refractivity (Wildman–Crippen MR) is 85.6 cm³/mol. The molecule has 0 aliphatic heterocycles. The Morgan fingerprint density at radius 2 is 1.55 bits per heavy atom. The van der Waals surface area contributed by atoms with E-state index in [-0.39, 0.29) is 6.61 Å². The summed E-state index contributed by atoms with van der Waals surface area (Å²) in [6.07, 6.45) is 0.612. The molecule has 124 valence electrons. The Balaban J connectivity index is 3.09. The number of benzene rings is 1. The summed E-state index contributed by atoms with van der Waals surface area (Å²) in [5.41, 5.74) is 0.366. The molecule has 22 heavy (non-hydrogen) atoms. The third-order valence-corrected chi connectivity index (χ3v) is 2.92. The van der Waals surface area contributed by atoms with Crippen molar-refractivity contribution in [2.45, 2.75) is 27.2 Å². The smallest absolute Gasteiger partial charge is 0.338 e. The Labute approximate surface area is 136 Å². The zero-order chi connectivity index (χ0) is 16.4. The van der Waals surface area contributed by atoms with Gasteiger partial charge in [-0.1, -0.05) is 0 Å². The van der Waals surface area contributed by atoms with Crippen molar-refractivity contribution in [2.75, 3.05) is 32.3 Å². The molecule has 0 fully saturated rings. The maximum atomic E-state index is 12.1. The van der Waals surface area contributed by atoms with Gasteiger partial charge in [0.05, 0.1) is 32.0 Å². The van der Waals surface area contributed by atoms with Crippen LogP contribution in [0.15, 0.2) is 12.1 Å². The first-order valence-corrected chi connectivity index (χ1v) is 8.00. The molecule has 0 spiro atoms. The number of carbonyl (C=O) groups excluding carboxylic acids is 1. The largest absolute Gasteiger partial charge is 0.490 e. The Kier molecular flexibility index (Phi) is 8.51. The highest BCUT2D eigenvalue weighted by Crippen LogP contribution is 2.39. The lowest BCUT2D eigenvalue weighted by Gasteiger charge is -2.16. The lowest BCUT2D eigenvalue weighted by molar-refractivity contribution is 0.0505. The minimum atomic E-state index is -0.435. The highest BCUT2D eigenvalue weighted by molar-refractivity contribution is 6.17. The number of alkyl halides is 1. The molecule has 0 saturated carbocycles. The van der Waals surface area contributed by atoms with Crippen molar-refractivity contribution in [1.29, 1.82) is 0 Å². The lowest BCUT2D eigenvalue weighted by atomic mass is 10.2. The van der Waals surface area contributed by atoms with Gasteiger partial charge in [0.2, 0.25) is 5.75 Å². The fourth-order valence-corrected chi connectivity index (χ4v) is 1.92. The summed E-state index contributed by atoms with van der Waals surface area (Å²) in [7, 11) is 0. The molecule has 0 radical (unpaired) electrons. The quantitative estimate of drug-likeness (QED) is 0.372. The molecular formula is C16H23ClO5. The van der Waals surface area contributed by atoms with E-state index < -0.39 is 5.97 Å². The topological polar surface area (TPSA) is 54.0 Å². The molecule has 0 aliphatic rings. The average molecular weight is 331 g/mol. The Morgan fingerprint density at radius 1 is 1.00 bits per heavy atom. The van der Waals surface area contributed by atoms with Crippen LogP contribution in [0.25, 0.3) is 0 Å². The summed E-state index contributed by atoms with van der Waals surface area (Å²) in [5, 5.41) is 0. The van der Waals surface area contributed by atoms with Crippen molar-refractivity contribution >= 4 is 17.6 Å². The van der Waals surface area contributed by atoms with Gasteiger partial charge in [-0.3, -0.25) is 0 Å². The van der Waals surface area contributed by atoms with Gasteiger partial charge in [0.1, 0.15) is 0 Å². The normalized spacial score (nSPS) is 10.2. The van der Waals surface area contributed by atoms with Gasteiger partial charge in [-0.2, -0.15) is 0 Å². The molecule has 0 saturated heterocycles. The summed E-state index contributed by atoms with van der Waals surface area (Å²) in [5.74, 6) is 1.46. The Morgan fingerprint density at radius 3 is 2.00 bits per heavy atom. The molecular weight excluding hydrogens is 308 g/mol. The highest BCUT2D eigenvalue weighted by Gasteiger charge is 2.19. The van der Waals surface area contributed by atoms with Gasteiger partial charge < -0.3 is 18.9 Å². The van der Waals surface area contributed by atoms with Crippen molar-refractivity contribution in [3.63, 3.8) is 0 Å². The van der Waals surface area contributed by atoms with Gasteiger partial charge in [0.25, 0.3) is 0 Å².